The summed E-state index contributed by atoms with van der Waals surface area (Å²) in [6, 6.07) is 11.6. The van der Waals surface area contributed by atoms with Gasteiger partial charge in [-0.15, -0.1) is 5.11 Å². The summed E-state index contributed by atoms with van der Waals surface area (Å²) in [4.78, 5) is 12.4. The molecule has 2 aromatic heterocycles. The highest BCUT2D eigenvalue weighted by Gasteiger charge is 2.43. The summed E-state index contributed by atoms with van der Waals surface area (Å²) < 4.78 is 108. The summed E-state index contributed by atoms with van der Waals surface area (Å²) in [7, 11) is 0. The number of pyridine rings is 1. The van der Waals surface area contributed by atoms with Gasteiger partial charge in [0.1, 0.15) is 22.5 Å². The zero-order valence-corrected chi connectivity index (χ0v) is 22.1. The van der Waals surface area contributed by atoms with Crippen molar-refractivity contribution < 1.29 is 39.9 Å². The number of anilines is 3. The van der Waals surface area contributed by atoms with Crippen LogP contribution in [0.3, 0.4) is 0 Å². The second-order valence-corrected chi connectivity index (χ2v) is 8.99. The van der Waals surface area contributed by atoms with E-state index in [-0.39, 0.29) is 41.5 Å². The molecule has 0 spiro atoms. The molecule has 0 unspecified atom stereocenters. The summed E-state index contributed by atoms with van der Waals surface area (Å²) in [6.45, 7) is 0.0857. The molecule has 0 saturated carbocycles. The standard InChI is InChI=1S/C26H18ClF8N7O/c27-20-8-3-15(11-36-20)12-37-24-40-21(39-16-4-7-19(28)18(9-16)25(31,32)33)10-22(41-24)42-38-13-14-1-5-17(6-2-14)43-26(34,35)23(29)30/h1-11,23H,12-13H2,(H2,37,39,40,41). The molecular weight excluding hydrogens is 614 g/mol. The molecule has 4 rings (SSSR count). The lowest BCUT2D eigenvalue weighted by Crippen LogP contribution is -2.33. The summed E-state index contributed by atoms with van der Waals surface area (Å²) in [5, 5.41) is 13.8. The predicted molar refractivity (Wildman–Crippen MR) is 140 cm³/mol. The van der Waals surface area contributed by atoms with Crippen LogP contribution >= 0.6 is 11.6 Å². The minimum Gasteiger partial charge on any atom is -0.428 e. The van der Waals surface area contributed by atoms with Gasteiger partial charge in [-0.25, -0.2) is 9.37 Å². The first kappa shape index (κ1) is 31.3. The third kappa shape index (κ3) is 8.94. The topological polar surface area (TPSA) is 96.7 Å². The molecule has 0 radical (unpaired) electrons. The van der Waals surface area contributed by atoms with E-state index < -0.39 is 35.8 Å². The largest absolute Gasteiger partial charge is 0.461 e. The molecule has 0 amide bonds. The monoisotopic (exact) mass is 631 g/mol. The maximum Gasteiger partial charge on any atom is 0.461 e. The van der Waals surface area contributed by atoms with Crippen LogP contribution in [0.1, 0.15) is 16.7 Å². The first-order valence-electron chi connectivity index (χ1n) is 12.0. The number of alkyl halides is 7. The highest BCUT2D eigenvalue weighted by atomic mass is 35.5. The summed E-state index contributed by atoms with van der Waals surface area (Å²) >= 11 is 5.79. The fourth-order valence-corrected chi connectivity index (χ4v) is 3.45. The van der Waals surface area contributed by atoms with Gasteiger partial charge < -0.3 is 15.4 Å². The van der Waals surface area contributed by atoms with E-state index in [1.807, 2.05) is 0 Å². The number of nitrogens with one attached hydrogen (secondary N) is 2. The van der Waals surface area contributed by atoms with Crippen LogP contribution in [0, 0.1) is 5.82 Å². The van der Waals surface area contributed by atoms with Crippen LogP contribution in [0.25, 0.3) is 0 Å². The Labute approximate surface area is 242 Å². The van der Waals surface area contributed by atoms with E-state index in [1.165, 1.54) is 24.4 Å². The Kier molecular flexibility index (Phi) is 9.58. The zero-order valence-electron chi connectivity index (χ0n) is 21.4. The molecule has 0 aliphatic rings. The Hall–Kier alpha value is -4.60. The van der Waals surface area contributed by atoms with Gasteiger partial charge in [-0.2, -0.15) is 45.8 Å². The van der Waals surface area contributed by atoms with Crippen LogP contribution in [0.15, 0.2) is 77.1 Å². The fourth-order valence-electron chi connectivity index (χ4n) is 3.34. The van der Waals surface area contributed by atoms with Gasteiger partial charge in [0.25, 0.3) is 0 Å². The van der Waals surface area contributed by atoms with Crippen LogP contribution in [-0.4, -0.2) is 27.5 Å². The zero-order chi connectivity index (χ0) is 31.2. The van der Waals surface area contributed by atoms with E-state index in [4.69, 9.17) is 11.6 Å². The minimum atomic E-state index is -4.93. The van der Waals surface area contributed by atoms with E-state index in [0.29, 0.717) is 23.3 Å². The number of hydrogen-bond donors (Lipinski definition) is 2. The highest BCUT2D eigenvalue weighted by molar-refractivity contribution is 6.29. The molecule has 17 heteroatoms. The summed E-state index contributed by atoms with van der Waals surface area (Å²) in [5.74, 6) is -1.99. The van der Waals surface area contributed by atoms with Crippen molar-refractivity contribution in [1.29, 1.82) is 0 Å². The highest BCUT2D eigenvalue weighted by Crippen LogP contribution is 2.34. The molecule has 2 heterocycles. The molecule has 0 fully saturated rings. The molecule has 2 aromatic carbocycles. The second-order valence-electron chi connectivity index (χ2n) is 8.60. The Morgan fingerprint density at radius 3 is 2.28 bits per heavy atom. The van der Waals surface area contributed by atoms with Gasteiger partial charge in [0.05, 0.1) is 12.1 Å². The van der Waals surface area contributed by atoms with Gasteiger partial charge in [-0.05, 0) is 47.5 Å². The predicted octanol–water partition coefficient (Wildman–Crippen LogP) is 8.56. The number of rotatable bonds is 11. The Morgan fingerprint density at radius 1 is 0.907 bits per heavy atom. The number of benzene rings is 2. The fraction of sp³-hybridized carbons (Fsp3) is 0.192. The lowest BCUT2D eigenvalue weighted by molar-refractivity contribution is -0.253. The number of aromatic nitrogens is 3. The van der Waals surface area contributed by atoms with Crippen molar-refractivity contribution in [1.82, 2.24) is 15.0 Å². The quantitative estimate of drug-likeness (QED) is 0.0978. The van der Waals surface area contributed by atoms with Crippen molar-refractivity contribution in [3.05, 3.63) is 94.5 Å². The normalized spacial score (nSPS) is 12.1. The molecule has 43 heavy (non-hydrogen) atoms. The first-order chi connectivity index (χ1) is 20.3. The SMILES string of the molecule is Fc1ccc(Nc2cc(N=NCc3ccc(OC(F)(F)C(F)F)cc3)nc(NCc3ccc(Cl)nc3)n2)cc1C(F)(F)F. The molecular formula is C26H18ClF8N7O. The Balaban J connectivity index is 1.53. The number of ether oxygens (including phenoxy) is 1. The van der Waals surface area contributed by atoms with Crippen molar-refractivity contribution in [2.24, 2.45) is 10.2 Å². The molecule has 0 aliphatic heterocycles. The Bertz CT molecular complexity index is 1570. The van der Waals surface area contributed by atoms with E-state index in [1.54, 1.807) is 12.1 Å². The smallest absolute Gasteiger partial charge is 0.428 e. The van der Waals surface area contributed by atoms with Gasteiger partial charge in [0.15, 0.2) is 5.82 Å². The van der Waals surface area contributed by atoms with Crippen molar-refractivity contribution in [3.63, 3.8) is 0 Å². The maximum atomic E-state index is 13.7. The molecule has 2 N–H and O–H groups in total. The van der Waals surface area contributed by atoms with Crippen LogP contribution < -0.4 is 15.4 Å². The number of hydrogen-bond acceptors (Lipinski definition) is 8. The molecule has 8 nitrogen and oxygen atoms in total. The van der Waals surface area contributed by atoms with Crippen molar-refractivity contribution >= 4 is 34.9 Å². The lowest BCUT2D eigenvalue weighted by atomic mass is 10.2. The van der Waals surface area contributed by atoms with Crippen LogP contribution in [0.4, 0.5) is 58.4 Å². The first-order valence-corrected chi connectivity index (χ1v) is 12.3. The maximum absolute atomic E-state index is 13.7. The number of nitrogens with zero attached hydrogens (tertiary/aromatic N) is 5. The van der Waals surface area contributed by atoms with Gasteiger partial charge in [0, 0.05) is 24.5 Å². The van der Waals surface area contributed by atoms with Crippen molar-refractivity contribution in [2.75, 3.05) is 10.6 Å². The average molecular weight is 632 g/mol. The molecule has 0 bridgehead atoms. The summed E-state index contributed by atoms with van der Waals surface area (Å²) in [5.41, 5.74) is -0.456. The van der Waals surface area contributed by atoms with E-state index in [2.05, 4.69) is 40.6 Å². The average Bonchev–Trinajstić information content (AvgIpc) is 2.94. The van der Waals surface area contributed by atoms with Crippen molar-refractivity contribution in [2.45, 2.75) is 31.8 Å². The van der Waals surface area contributed by atoms with Crippen molar-refractivity contribution in [3.8, 4) is 5.75 Å². The summed E-state index contributed by atoms with van der Waals surface area (Å²) in [6.07, 6.45) is -12.1. The van der Waals surface area contributed by atoms with E-state index >= 15 is 0 Å². The van der Waals surface area contributed by atoms with Gasteiger partial charge >= 0.3 is 18.7 Å². The Morgan fingerprint density at radius 2 is 1.63 bits per heavy atom. The van der Waals surface area contributed by atoms with E-state index in [0.717, 1.165) is 18.2 Å². The number of azo groups is 1. The van der Waals surface area contributed by atoms with Gasteiger partial charge in [-0.1, -0.05) is 29.8 Å². The van der Waals surface area contributed by atoms with Crippen LogP contribution in [0.5, 0.6) is 5.75 Å². The van der Waals surface area contributed by atoms with Crippen LogP contribution in [-0.2, 0) is 19.3 Å². The lowest BCUT2D eigenvalue weighted by Gasteiger charge is -2.16. The van der Waals surface area contributed by atoms with Gasteiger partial charge in [0.2, 0.25) is 5.95 Å². The second kappa shape index (κ2) is 13.1. The van der Waals surface area contributed by atoms with Gasteiger partial charge in [-0.3, -0.25) is 0 Å². The number of halogens is 9. The third-order valence-corrected chi connectivity index (χ3v) is 5.58. The molecule has 226 valence electrons. The molecule has 0 aliphatic carbocycles. The van der Waals surface area contributed by atoms with Crippen LogP contribution in [0.2, 0.25) is 5.15 Å². The molecule has 4 aromatic rings. The minimum absolute atomic E-state index is 0.00600. The third-order valence-electron chi connectivity index (χ3n) is 5.35. The molecule has 0 atom stereocenters. The van der Waals surface area contributed by atoms with E-state index in [9.17, 15) is 35.1 Å². The molecule has 0 saturated heterocycles.